The Morgan fingerprint density at radius 2 is 1.57 bits per heavy atom. The highest BCUT2D eigenvalue weighted by Gasteiger charge is 2.46. The first kappa shape index (κ1) is 13.9. The normalized spacial score (nSPS) is 18.5. The molecule has 0 radical (unpaired) electrons. The van der Waals surface area contributed by atoms with E-state index in [4.69, 9.17) is 0 Å². The lowest BCUT2D eigenvalue weighted by molar-refractivity contribution is 0.157. The smallest absolute Gasteiger partial charge is 0.105 e. The van der Waals surface area contributed by atoms with Gasteiger partial charge in [0.2, 0.25) is 0 Å². The number of benzene rings is 2. The van der Waals surface area contributed by atoms with Gasteiger partial charge in [0.15, 0.2) is 0 Å². The maximum absolute atomic E-state index is 10.7. The molecule has 2 aromatic rings. The second kappa shape index (κ2) is 5.74. The zero-order valence-corrected chi connectivity index (χ0v) is 12.5. The van der Waals surface area contributed by atoms with Gasteiger partial charge in [0.05, 0.1) is 6.04 Å². The number of hydrogen-bond donors (Lipinski definition) is 1. The summed E-state index contributed by atoms with van der Waals surface area (Å²) in [6.45, 7) is 5.09. The molecule has 1 aliphatic rings. The van der Waals surface area contributed by atoms with Gasteiger partial charge in [-0.2, -0.15) is 0 Å². The maximum atomic E-state index is 10.7. The standard InChI is InChI=1S/C19H21NO/c1-14(2)17-18(19(21)16-11-7-4-8-12-16)20(17)13-15-9-5-3-6-10-15/h3-12,18-19,21H,13H2,1-2H3. The molecule has 2 aromatic carbocycles. The van der Waals surface area contributed by atoms with Gasteiger partial charge in [0, 0.05) is 12.2 Å². The molecule has 1 aliphatic heterocycles. The molecule has 1 heterocycles. The summed E-state index contributed by atoms with van der Waals surface area (Å²) in [5.41, 5.74) is 4.82. The van der Waals surface area contributed by atoms with E-state index in [2.05, 4.69) is 43.0 Å². The predicted octanol–water partition coefficient (Wildman–Crippen LogP) is 3.90. The highest BCUT2D eigenvalue weighted by molar-refractivity contribution is 5.37. The van der Waals surface area contributed by atoms with Crippen molar-refractivity contribution in [1.29, 1.82) is 0 Å². The summed E-state index contributed by atoms with van der Waals surface area (Å²) < 4.78 is 0. The van der Waals surface area contributed by atoms with Gasteiger partial charge in [-0.3, -0.25) is 0 Å². The van der Waals surface area contributed by atoms with Gasteiger partial charge in [-0.15, -0.1) is 0 Å². The van der Waals surface area contributed by atoms with Gasteiger partial charge in [0.25, 0.3) is 0 Å². The second-order valence-electron chi connectivity index (χ2n) is 5.80. The number of nitrogens with zero attached hydrogens (tertiary/aromatic N) is 1. The van der Waals surface area contributed by atoms with Crippen molar-refractivity contribution in [3.05, 3.63) is 83.1 Å². The van der Waals surface area contributed by atoms with Crippen molar-refractivity contribution >= 4 is 0 Å². The van der Waals surface area contributed by atoms with Gasteiger partial charge in [0.1, 0.15) is 6.10 Å². The number of aliphatic hydroxyl groups excluding tert-OH is 1. The fourth-order valence-electron chi connectivity index (χ4n) is 2.95. The highest BCUT2D eigenvalue weighted by atomic mass is 16.3. The van der Waals surface area contributed by atoms with Gasteiger partial charge in [-0.05, 0) is 25.0 Å². The molecule has 2 heteroatoms. The summed E-state index contributed by atoms with van der Waals surface area (Å²) in [7, 11) is 0. The van der Waals surface area contributed by atoms with E-state index in [9.17, 15) is 5.11 Å². The van der Waals surface area contributed by atoms with Gasteiger partial charge in [-0.1, -0.05) is 66.2 Å². The summed E-state index contributed by atoms with van der Waals surface area (Å²) in [6.07, 6.45) is -0.459. The first-order chi connectivity index (χ1) is 10.2. The molecule has 3 rings (SSSR count). The highest BCUT2D eigenvalue weighted by Crippen LogP contribution is 2.44. The topological polar surface area (TPSA) is 23.2 Å². The van der Waals surface area contributed by atoms with Crippen LogP contribution in [0.15, 0.2) is 71.9 Å². The van der Waals surface area contributed by atoms with Crippen LogP contribution in [-0.2, 0) is 6.54 Å². The van der Waals surface area contributed by atoms with Gasteiger partial charge in [-0.25, -0.2) is 0 Å². The SMILES string of the molecule is CC(C)=C1C(C(O)c2ccccc2)N1Cc1ccccc1. The van der Waals surface area contributed by atoms with Crippen LogP contribution in [0.1, 0.15) is 31.1 Å². The van der Waals surface area contributed by atoms with Crippen LogP contribution in [0.25, 0.3) is 0 Å². The molecule has 1 N–H and O–H groups in total. The Morgan fingerprint density at radius 3 is 2.14 bits per heavy atom. The van der Waals surface area contributed by atoms with E-state index >= 15 is 0 Å². The van der Waals surface area contributed by atoms with E-state index in [1.165, 1.54) is 16.8 Å². The molecule has 2 unspecified atom stereocenters. The fourth-order valence-corrected chi connectivity index (χ4v) is 2.95. The van der Waals surface area contributed by atoms with E-state index in [1.54, 1.807) is 0 Å². The molecule has 0 saturated carbocycles. The van der Waals surface area contributed by atoms with E-state index < -0.39 is 6.10 Å². The Bertz CT molecular complexity index is 629. The number of allylic oxidation sites excluding steroid dienone is 1. The molecule has 2 atom stereocenters. The van der Waals surface area contributed by atoms with Crippen molar-refractivity contribution in [2.24, 2.45) is 0 Å². The first-order valence-corrected chi connectivity index (χ1v) is 7.39. The van der Waals surface area contributed by atoms with E-state index in [0.717, 1.165) is 12.1 Å². The Hall–Kier alpha value is -2.06. The van der Waals surface area contributed by atoms with Crippen molar-refractivity contribution in [1.82, 2.24) is 4.90 Å². The van der Waals surface area contributed by atoms with Crippen molar-refractivity contribution in [2.45, 2.75) is 32.5 Å². The monoisotopic (exact) mass is 279 g/mol. The Morgan fingerprint density at radius 1 is 1.00 bits per heavy atom. The van der Waals surface area contributed by atoms with Crippen molar-refractivity contribution < 1.29 is 5.11 Å². The average Bonchev–Trinajstić information content (AvgIpc) is 3.22. The number of aliphatic hydroxyl groups is 1. The molecule has 0 bridgehead atoms. The zero-order chi connectivity index (χ0) is 14.8. The lowest BCUT2D eigenvalue weighted by Gasteiger charge is -2.11. The average molecular weight is 279 g/mol. The summed E-state index contributed by atoms with van der Waals surface area (Å²) in [5, 5.41) is 10.7. The Kier molecular flexibility index (Phi) is 3.80. The van der Waals surface area contributed by atoms with Crippen LogP contribution < -0.4 is 0 Å². The predicted molar refractivity (Wildman–Crippen MR) is 85.5 cm³/mol. The van der Waals surface area contributed by atoms with Crippen LogP contribution in [0.4, 0.5) is 0 Å². The Balaban J connectivity index is 1.80. The second-order valence-corrected chi connectivity index (χ2v) is 5.80. The third-order valence-corrected chi connectivity index (χ3v) is 4.01. The van der Waals surface area contributed by atoms with Crippen LogP contribution in [0.2, 0.25) is 0 Å². The summed E-state index contributed by atoms with van der Waals surface area (Å²) >= 11 is 0. The molecule has 2 nitrogen and oxygen atoms in total. The minimum Gasteiger partial charge on any atom is -0.386 e. The zero-order valence-electron chi connectivity index (χ0n) is 12.5. The summed E-state index contributed by atoms with van der Waals surface area (Å²) in [4.78, 5) is 2.29. The molecule has 108 valence electrons. The molecule has 0 spiro atoms. The van der Waals surface area contributed by atoms with Crippen molar-refractivity contribution in [2.75, 3.05) is 0 Å². The number of hydrogen-bond acceptors (Lipinski definition) is 2. The molecular formula is C19H21NO. The minimum absolute atomic E-state index is 0.109. The van der Waals surface area contributed by atoms with E-state index in [-0.39, 0.29) is 6.04 Å². The molecule has 1 fully saturated rings. The third-order valence-electron chi connectivity index (χ3n) is 4.01. The van der Waals surface area contributed by atoms with Crippen molar-refractivity contribution in [3.8, 4) is 0 Å². The van der Waals surface area contributed by atoms with Crippen LogP contribution >= 0.6 is 0 Å². The van der Waals surface area contributed by atoms with Crippen LogP contribution in [0.3, 0.4) is 0 Å². The minimum atomic E-state index is -0.459. The largest absolute Gasteiger partial charge is 0.386 e. The molecular weight excluding hydrogens is 258 g/mol. The lowest BCUT2D eigenvalue weighted by Crippen LogP contribution is -2.11. The molecule has 0 amide bonds. The number of rotatable bonds is 4. The molecule has 0 aromatic heterocycles. The fraction of sp³-hybridized carbons (Fsp3) is 0.263. The summed E-state index contributed by atoms with van der Waals surface area (Å²) in [5.74, 6) is 0. The van der Waals surface area contributed by atoms with Crippen LogP contribution in [0, 0.1) is 0 Å². The van der Waals surface area contributed by atoms with E-state index in [0.29, 0.717) is 0 Å². The van der Waals surface area contributed by atoms with Crippen LogP contribution in [-0.4, -0.2) is 16.0 Å². The maximum Gasteiger partial charge on any atom is 0.105 e. The third kappa shape index (κ3) is 2.86. The van der Waals surface area contributed by atoms with Crippen LogP contribution in [0.5, 0.6) is 0 Å². The molecule has 0 aliphatic carbocycles. The van der Waals surface area contributed by atoms with Crippen molar-refractivity contribution in [3.63, 3.8) is 0 Å². The lowest BCUT2D eigenvalue weighted by atomic mass is 10.1. The molecule has 21 heavy (non-hydrogen) atoms. The van der Waals surface area contributed by atoms with Gasteiger partial charge >= 0.3 is 0 Å². The first-order valence-electron chi connectivity index (χ1n) is 7.39. The van der Waals surface area contributed by atoms with E-state index in [1.807, 2.05) is 36.4 Å². The van der Waals surface area contributed by atoms with Gasteiger partial charge < -0.3 is 10.0 Å². The molecule has 1 saturated heterocycles. The summed E-state index contributed by atoms with van der Waals surface area (Å²) in [6, 6.07) is 20.4. The quantitative estimate of drug-likeness (QED) is 0.858. The Labute approximate surface area is 126 Å².